The number of benzene rings is 2. The second kappa shape index (κ2) is 4.60. The van der Waals surface area contributed by atoms with Crippen LogP contribution in [0.5, 0.6) is 0 Å². The van der Waals surface area contributed by atoms with Crippen molar-refractivity contribution in [3.8, 4) is 0 Å². The lowest BCUT2D eigenvalue weighted by atomic mass is 9.81. The van der Waals surface area contributed by atoms with Crippen molar-refractivity contribution in [3.05, 3.63) is 84.4 Å². The first-order valence-corrected chi connectivity index (χ1v) is 7.08. The molecule has 2 aromatic rings. The Kier molecular flexibility index (Phi) is 3.02. The van der Waals surface area contributed by atoms with Crippen LogP contribution < -0.4 is 0 Å². The molecule has 20 heavy (non-hydrogen) atoms. The third kappa shape index (κ3) is 1.90. The molecule has 0 aliphatic heterocycles. The number of hydrogen-bond acceptors (Lipinski definition) is 1. The maximum Gasteiger partial charge on any atom is 0.0837 e. The molecule has 1 aliphatic carbocycles. The zero-order valence-corrected chi connectivity index (χ0v) is 11.8. The van der Waals surface area contributed by atoms with Gasteiger partial charge in [-0.25, -0.2) is 0 Å². The summed E-state index contributed by atoms with van der Waals surface area (Å²) in [5.74, 6) is 0.178. The molecule has 0 radical (unpaired) electrons. The molecule has 2 atom stereocenters. The van der Waals surface area contributed by atoms with E-state index in [4.69, 9.17) is 0 Å². The SMILES string of the molecule is C=C[C@@](C)(O)[C@H]1CC1(c1ccccc1)c1ccccc1. The molecule has 1 heteroatoms. The summed E-state index contributed by atoms with van der Waals surface area (Å²) in [6, 6.07) is 21.0. The van der Waals surface area contributed by atoms with Crippen LogP contribution in [0.4, 0.5) is 0 Å². The van der Waals surface area contributed by atoms with Crippen molar-refractivity contribution in [2.45, 2.75) is 24.4 Å². The Bertz CT molecular complexity index is 559. The van der Waals surface area contributed by atoms with Gasteiger partial charge in [-0.2, -0.15) is 0 Å². The van der Waals surface area contributed by atoms with E-state index in [9.17, 15) is 5.11 Å². The zero-order chi connectivity index (χ0) is 14.2. The molecule has 1 aliphatic rings. The van der Waals surface area contributed by atoms with E-state index in [1.807, 2.05) is 19.1 Å². The van der Waals surface area contributed by atoms with Crippen LogP contribution >= 0.6 is 0 Å². The van der Waals surface area contributed by atoms with Gasteiger partial charge >= 0.3 is 0 Å². The van der Waals surface area contributed by atoms with E-state index in [0.717, 1.165) is 6.42 Å². The topological polar surface area (TPSA) is 20.2 Å². The van der Waals surface area contributed by atoms with Gasteiger partial charge in [0.25, 0.3) is 0 Å². The van der Waals surface area contributed by atoms with Gasteiger partial charge in [0.2, 0.25) is 0 Å². The first kappa shape index (κ1) is 13.1. The highest BCUT2D eigenvalue weighted by atomic mass is 16.3. The Labute approximate surface area is 120 Å². The molecule has 0 saturated heterocycles. The van der Waals surface area contributed by atoms with Crippen LogP contribution in [-0.2, 0) is 5.41 Å². The van der Waals surface area contributed by atoms with Crippen molar-refractivity contribution in [1.82, 2.24) is 0 Å². The summed E-state index contributed by atoms with van der Waals surface area (Å²) in [4.78, 5) is 0. The Balaban J connectivity index is 2.11. The van der Waals surface area contributed by atoms with Gasteiger partial charge in [-0.1, -0.05) is 66.7 Å². The maximum absolute atomic E-state index is 10.6. The van der Waals surface area contributed by atoms with Crippen LogP contribution in [-0.4, -0.2) is 10.7 Å². The molecule has 0 bridgehead atoms. The zero-order valence-electron chi connectivity index (χ0n) is 11.8. The minimum atomic E-state index is -0.842. The van der Waals surface area contributed by atoms with Crippen LogP contribution in [0.25, 0.3) is 0 Å². The van der Waals surface area contributed by atoms with E-state index in [2.05, 4.69) is 55.1 Å². The predicted octanol–water partition coefficient (Wildman–Crippen LogP) is 3.93. The third-order valence-corrected chi connectivity index (χ3v) is 4.66. The molecule has 0 unspecified atom stereocenters. The molecule has 1 fully saturated rings. The van der Waals surface area contributed by atoms with Crippen molar-refractivity contribution < 1.29 is 5.11 Å². The fourth-order valence-corrected chi connectivity index (χ4v) is 3.39. The number of rotatable bonds is 4. The molecule has 102 valence electrons. The van der Waals surface area contributed by atoms with E-state index >= 15 is 0 Å². The summed E-state index contributed by atoms with van der Waals surface area (Å²) >= 11 is 0. The van der Waals surface area contributed by atoms with E-state index in [1.54, 1.807) is 6.08 Å². The third-order valence-electron chi connectivity index (χ3n) is 4.66. The van der Waals surface area contributed by atoms with Gasteiger partial charge < -0.3 is 5.11 Å². The van der Waals surface area contributed by atoms with Crippen molar-refractivity contribution >= 4 is 0 Å². The van der Waals surface area contributed by atoms with Crippen molar-refractivity contribution in [1.29, 1.82) is 0 Å². The molecule has 0 amide bonds. The summed E-state index contributed by atoms with van der Waals surface area (Å²) in [6.45, 7) is 5.66. The normalized spacial score (nSPS) is 22.8. The maximum atomic E-state index is 10.6. The van der Waals surface area contributed by atoms with Gasteiger partial charge in [0.15, 0.2) is 0 Å². The number of aliphatic hydroxyl groups is 1. The summed E-state index contributed by atoms with van der Waals surface area (Å²) in [6.07, 6.45) is 2.63. The standard InChI is InChI=1S/C19H20O/c1-3-18(2,20)17-14-19(17,15-10-6-4-7-11-15)16-12-8-5-9-13-16/h3-13,17,20H,1,14H2,2H3/t17-,18-/m1/s1. The second-order valence-corrected chi connectivity index (χ2v) is 5.89. The first-order valence-electron chi connectivity index (χ1n) is 7.08. The van der Waals surface area contributed by atoms with E-state index in [1.165, 1.54) is 11.1 Å². The Morgan fingerprint density at radius 3 is 1.90 bits per heavy atom. The molecule has 0 aromatic heterocycles. The van der Waals surface area contributed by atoms with Crippen molar-refractivity contribution in [3.63, 3.8) is 0 Å². The molecule has 1 nitrogen and oxygen atoms in total. The van der Waals surface area contributed by atoms with Gasteiger partial charge in [-0.15, -0.1) is 6.58 Å². The lowest BCUT2D eigenvalue weighted by Gasteiger charge is -2.26. The van der Waals surface area contributed by atoms with Crippen LogP contribution in [0.1, 0.15) is 24.5 Å². The molecular formula is C19H20O. The van der Waals surface area contributed by atoms with Gasteiger partial charge in [0.05, 0.1) is 5.60 Å². The van der Waals surface area contributed by atoms with Gasteiger partial charge in [0.1, 0.15) is 0 Å². The molecule has 3 rings (SSSR count). The lowest BCUT2D eigenvalue weighted by Crippen LogP contribution is -2.29. The van der Waals surface area contributed by atoms with Gasteiger partial charge in [0, 0.05) is 11.3 Å². The second-order valence-electron chi connectivity index (χ2n) is 5.89. The average molecular weight is 264 g/mol. The molecule has 2 aromatic carbocycles. The quantitative estimate of drug-likeness (QED) is 0.830. The Morgan fingerprint density at radius 1 is 1.05 bits per heavy atom. The molecule has 0 spiro atoms. The average Bonchev–Trinajstić information content (AvgIpc) is 3.27. The van der Waals surface area contributed by atoms with Gasteiger partial charge in [-0.05, 0) is 24.5 Å². The Morgan fingerprint density at radius 2 is 1.50 bits per heavy atom. The summed E-state index contributed by atoms with van der Waals surface area (Å²) < 4.78 is 0. The monoisotopic (exact) mass is 264 g/mol. The summed E-state index contributed by atoms with van der Waals surface area (Å²) in [7, 11) is 0. The minimum Gasteiger partial charge on any atom is -0.386 e. The molecule has 0 heterocycles. The fraction of sp³-hybridized carbons (Fsp3) is 0.263. The van der Waals surface area contributed by atoms with Gasteiger partial charge in [-0.3, -0.25) is 0 Å². The van der Waals surface area contributed by atoms with E-state index in [0.29, 0.717) is 0 Å². The highest BCUT2D eigenvalue weighted by Gasteiger charge is 2.62. The molecule has 1 N–H and O–H groups in total. The van der Waals surface area contributed by atoms with E-state index in [-0.39, 0.29) is 11.3 Å². The minimum absolute atomic E-state index is 0.0831. The fourth-order valence-electron chi connectivity index (χ4n) is 3.39. The van der Waals surface area contributed by atoms with Crippen LogP contribution in [0.2, 0.25) is 0 Å². The van der Waals surface area contributed by atoms with Crippen LogP contribution in [0.3, 0.4) is 0 Å². The van der Waals surface area contributed by atoms with E-state index < -0.39 is 5.60 Å². The predicted molar refractivity (Wildman–Crippen MR) is 82.6 cm³/mol. The number of hydrogen-bond donors (Lipinski definition) is 1. The molecule has 1 saturated carbocycles. The van der Waals surface area contributed by atoms with Crippen molar-refractivity contribution in [2.24, 2.45) is 5.92 Å². The highest BCUT2D eigenvalue weighted by molar-refractivity contribution is 5.49. The lowest BCUT2D eigenvalue weighted by molar-refractivity contribution is 0.0812. The first-order chi connectivity index (χ1) is 9.61. The largest absolute Gasteiger partial charge is 0.386 e. The highest BCUT2D eigenvalue weighted by Crippen LogP contribution is 2.63. The van der Waals surface area contributed by atoms with Crippen LogP contribution in [0.15, 0.2) is 73.3 Å². The summed E-state index contributed by atoms with van der Waals surface area (Å²) in [5.41, 5.74) is 1.63. The Hall–Kier alpha value is -1.86. The van der Waals surface area contributed by atoms with Crippen LogP contribution in [0, 0.1) is 5.92 Å². The summed E-state index contributed by atoms with van der Waals surface area (Å²) in [5, 5.41) is 10.6. The molecular weight excluding hydrogens is 244 g/mol. The van der Waals surface area contributed by atoms with Crippen molar-refractivity contribution in [2.75, 3.05) is 0 Å². The smallest absolute Gasteiger partial charge is 0.0837 e.